The summed E-state index contributed by atoms with van der Waals surface area (Å²) in [5.74, 6) is -1.43. The van der Waals surface area contributed by atoms with Crippen LogP contribution in [-0.2, 0) is 19.0 Å². The van der Waals surface area contributed by atoms with Gasteiger partial charge in [0.2, 0.25) is 5.96 Å². The van der Waals surface area contributed by atoms with Gasteiger partial charge in [-0.3, -0.25) is 15.5 Å². The summed E-state index contributed by atoms with van der Waals surface area (Å²) in [5.41, 5.74) is 0.0965. The lowest BCUT2D eigenvalue weighted by Gasteiger charge is -2.31. The topological polar surface area (TPSA) is 139 Å². The van der Waals surface area contributed by atoms with E-state index in [1.165, 1.54) is 17.0 Å². The lowest BCUT2D eigenvalue weighted by molar-refractivity contribution is -0.124. The molecule has 4 amide bonds. The van der Waals surface area contributed by atoms with Crippen LogP contribution in [0.1, 0.15) is 75.2 Å². The molecule has 1 aromatic rings. The van der Waals surface area contributed by atoms with Crippen molar-refractivity contribution in [2.45, 2.75) is 98.0 Å². The Labute approximate surface area is 234 Å². The van der Waals surface area contributed by atoms with E-state index in [4.69, 9.17) is 14.2 Å². The van der Waals surface area contributed by atoms with Crippen molar-refractivity contribution in [2.24, 2.45) is 4.99 Å². The highest BCUT2D eigenvalue weighted by atomic mass is 19.1. The number of hydrogen-bond acceptors (Lipinski definition) is 7. The molecule has 12 nitrogen and oxygen atoms in total. The van der Waals surface area contributed by atoms with Crippen molar-refractivity contribution in [2.75, 3.05) is 11.6 Å². The fraction of sp³-hybridized carbons (Fsp3) is 0.593. The van der Waals surface area contributed by atoms with Gasteiger partial charge in [-0.05, 0) is 99.4 Å². The molecule has 1 heterocycles. The number of carbonyl (C=O) groups is 4. The van der Waals surface area contributed by atoms with Gasteiger partial charge in [-0.25, -0.2) is 18.8 Å². The second-order valence-corrected chi connectivity index (χ2v) is 12.2. The normalized spacial score (nSPS) is 16.2. The molecule has 1 unspecified atom stereocenters. The molecule has 13 heteroatoms. The zero-order valence-electron chi connectivity index (χ0n) is 24.6. The van der Waals surface area contributed by atoms with Crippen molar-refractivity contribution in [3.05, 3.63) is 30.1 Å². The first-order valence-corrected chi connectivity index (χ1v) is 12.9. The van der Waals surface area contributed by atoms with Crippen LogP contribution < -0.4 is 15.8 Å². The van der Waals surface area contributed by atoms with Crippen LogP contribution in [0.25, 0.3) is 0 Å². The zero-order chi connectivity index (χ0) is 30.5. The Kier molecular flexibility index (Phi) is 10.1. The highest BCUT2D eigenvalue weighted by Gasteiger charge is 2.37. The van der Waals surface area contributed by atoms with Crippen molar-refractivity contribution >= 4 is 35.8 Å². The van der Waals surface area contributed by atoms with Gasteiger partial charge in [0.25, 0.3) is 5.91 Å². The van der Waals surface area contributed by atoms with Crippen molar-refractivity contribution < 1.29 is 37.8 Å². The van der Waals surface area contributed by atoms with Gasteiger partial charge in [0.1, 0.15) is 28.7 Å². The Balaban J connectivity index is 2.38. The van der Waals surface area contributed by atoms with E-state index in [0.29, 0.717) is 12.8 Å². The van der Waals surface area contributed by atoms with E-state index in [-0.39, 0.29) is 18.2 Å². The average molecular weight is 566 g/mol. The minimum absolute atomic E-state index is 0.156. The molecule has 1 saturated heterocycles. The molecule has 1 atom stereocenters. The lowest BCUT2D eigenvalue weighted by atomic mass is 10.2. The Hall–Kier alpha value is -3.90. The predicted molar refractivity (Wildman–Crippen MR) is 146 cm³/mol. The summed E-state index contributed by atoms with van der Waals surface area (Å²) in [5, 5.41) is 3.32. The number of ether oxygens (including phenoxy) is 3. The number of halogens is 1. The predicted octanol–water partition coefficient (Wildman–Crippen LogP) is 4.88. The minimum atomic E-state index is -0.980. The van der Waals surface area contributed by atoms with E-state index >= 15 is 0 Å². The molecule has 1 aliphatic rings. The number of nitrogens with zero attached hydrogens (tertiary/aromatic N) is 3. The monoisotopic (exact) mass is 565 g/mol. The van der Waals surface area contributed by atoms with Crippen LogP contribution in [0.15, 0.2) is 29.3 Å². The SMILES string of the molecule is CC(C)(C)OC(=O)/N=C(\NC(=O)OC(C)(C)C)N1CCCC1C(=O)NN(C(=O)OC(C)(C)C)c1ccc(F)cc1. The summed E-state index contributed by atoms with van der Waals surface area (Å²) in [6.45, 7) is 15.2. The van der Waals surface area contributed by atoms with Crippen molar-refractivity contribution in [1.82, 2.24) is 15.6 Å². The average Bonchev–Trinajstić information content (AvgIpc) is 3.24. The molecule has 1 aromatic carbocycles. The molecule has 0 radical (unpaired) electrons. The number of amides is 4. The van der Waals surface area contributed by atoms with Crippen LogP contribution >= 0.6 is 0 Å². The molecule has 2 rings (SSSR count). The smallest absolute Gasteiger partial charge is 0.437 e. The summed E-state index contributed by atoms with van der Waals surface area (Å²) in [7, 11) is 0. The van der Waals surface area contributed by atoms with E-state index < -0.39 is 52.8 Å². The zero-order valence-corrected chi connectivity index (χ0v) is 24.6. The number of rotatable bonds is 2. The second-order valence-electron chi connectivity index (χ2n) is 12.2. The first kappa shape index (κ1) is 32.3. The summed E-state index contributed by atoms with van der Waals surface area (Å²) in [6.07, 6.45) is -1.95. The molecular formula is C27H40FN5O7. The fourth-order valence-corrected chi connectivity index (χ4v) is 3.52. The number of hydrazine groups is 1. The number of carbonyl (C=O) groups excluding carboxylic acids is 4. The molecule has 2 N–H and O–H groups in total. The van der Waals surface area contributed by atoms with Crippen molar-refractivity contribution in [3.63, 3.8) is 0 Å². The molecule has 40 heavy (non-hydrogen) atoms. The Morgan fingerprint density at radius 1 is 0.900 bits per heavy atom. The molecule has 0 bridgehead atoms. The molecular weight excluding hydrogens is 525 g/mol. The molecule has 222 valence electrons. The maximum Gasteiger partial charge on any atom is 0.437 e. The highest BCUT2D eigenvalue weighted by molar-refractivity contribution is 6.02. The Bertz CT molecular complexity index is 1120. The molecule has 0 aromatic heterocycles. The Morgan fingerprint density at radius 2 is 1.45 bits per heavy atom. The van der Waals surface area contributed by atoms with Crippen molar-refractivity contribution in [3.8, 4) is 0 Å². The van der Waals surface area contributed by atoms with E-state index in [1.807, 2.05) is 0 Å². The molecule has 0 spiro atoms. The fourth-order valence-electron chi connectivity index (χ4n) is 3.52. The number of alkyl carbamates (subject to hydrolysis) is 1. The van der Waals surface area contributed by atoms with Gasteiger partial charge in [0.05, 0.1) is 5.69 Å². The van der Waals surface area contributed by atoms with Gasteiger partial charge in [-0.15, -0.1) is 4.99 Å². The third-order valence-electron chi connectivity index (χ3n) is 4.91. The van der Waals surface area contributed by atoms with Crippen LogP contribution in [-0.4, -0.2) is 64.4 Å². The number of hydrogen-bond donors (Lipinski definition) is 2. The van der Waals surface area contributed by atoms with Gasteiger partial charge < -0.3 is 19.1 Å². The maximum absolute atomic E-state index is 13.6. The van der Waals surface area contributed by atoms with Gasteiger partial charge >= 0.3 is 18.3 Å². The molecule has 0 saturated carbocycles. The van der Waals surface area contributed by atoms with Crippen LogP contribution in [0.2, 0.25) is 0 Å². The lowest BCUT2D eigenvalue weighted by Crippen LogP contribution is -2.57. The standard InChI is InChI=1S/C27H40FN5O7/c1-25(2,3)38-22(35)29-21(30-23(36)39-26(4,5)6)32-16-10-11-19(32)20(34)31-33(24(37)40-27(7,8)9)18-14-12-17(28)13-15-18/h12-15,19H,10-11,16H2,1-9H3,(H,31,34)(H,29,30,35,36). The van der Waals surface area contributed by atoms with Crippen LogP contribution in [0.3, 0.4) is 0 Å². The summed E-state index contributed by atoms with van der Waals surface area (Å²) in [4.78, 5) is 57.0. The third kappa shape index (κ3) is 10.7. The largest absolute Gasteiger partial charge is 0.444 e. The van der Waals surface area contributed by atoms with Gasteiger partial charge in [0.15, 0.2) is 0 Å². The van der Waals surface area contributed by atoms with Gasteiger partial charge in [-0.2, -0.15) is 5.01 Å². The second kappa shape index (κ2) is 12.5. The summed E-state index contributed by atoms with van der Waals surface area (Å²) in [6, 6.07) is 3.94. The maximum atomic E-state index is 13.6. The van der Waals surface area contributed by atoms with Crippen molar-refractivity contribution in [1.29, 1.82) is 0 Å². The molecule has 1 fully saturated rings. The number of likely N-dealkylation sites (tertiary alicyclic amines) is 1. The Morgan fingerprint density at radius 3 is 1.98 bits per heavy atom. The van der Waals surface area contributed by atoms with Crippen LogP contribution in [0, 0.1) is 5.82 Å². The van der Waals surface area contributed by atoms with E-state index in [9.17, 15) is 23.6 Å². The minimum Gasteiger partial charge on any atom is -0.444 e. The quantitative estimate of drug-likeness (QED) is 0.224. The molecule has 0 aliphatic carbocycles. The number of aliphatic imine (C=N–C) groups is 1. The van der Waals surface area contributed by atoms with Gasteiger partial charge in [-0.1, -0.05) is 0 Å². The third-order valence-corrected chi connectivity index (χ3v) is 4.91. The van der Waals surface area contributed by atoms with Crippen LogP contribution in [0.4, 0.5) is 24.5 Å². The number of guanidine groups is 1. The highest BCUT2D eigenvalue weighted by Crippen LogP contribution is 2.22. The summed E-state index contributed by atoms with van der Waals surface area (Å²) >= 11 is 0. The molecule has 1 aliphatic heterocycles. The van der Waals surface area contributed by atoms with Gasteiger partial charge in [0, 0.05) is 6.54 Å². The first-order chi connectivity index (χ1) is 18.2. The van der Waals surface area contributed by atoms with E-state index in [2.05, 4.69) is 15.7 Å². The van der Waals surface area contributed by atoms with Crippen LogP contribution in [0.5, 0.6) is 0 Å². The first-order valence-electron chi connectivity index (χ1n) is 12.9. The number of anilines is 1. The van der Waals surface area contributed by atoms with E-state index in [1.54, 1.807) is 62.3 Å². The number of benzene rings is 1. The number of nitrogens with one attached hydrogen (secondary N) is 2. The van der Waals surface area contributed by atoms with E-state index in [0.717, 1.165) is 17.1 Å². The summed E-state index contributed by atoms with van der Waals surface area (Å²) < 4.78 is 29.6.